The molecular weight excluding hydrogens is 351 g/mol. The molecule has 1 aliphatic rings. The first-order chi connectivity index (χ1) is 12.5. The topological polar surface area (TPSA) is 54.6 Å². The molecule has 0 bridgehead atoms. The molecule has 2 heterocycles. The third-order valence-corrected chi connectivity index (χ3v) is 5.24. The van der Waals surface area contributed by atoms with Gasteiger partial charge in [0.05, 0.1) is 17.1 Å². The van der Waals surface area contributed by atoms with E-state index in [0.29, 0.717) is 10.4 Å². The minimum atomic E-state index is -0.405. The van der Waals surface area contributed by atoms with Gasteiger partial charge < -0.3 is 5.11 Å². The van der Waals surface area contributed by atoms with Crippen molar-refractivity contribution in [2.24, 2.45) is 4.99 Å². The monoisotopic (exact) mass is 366 g/mol. The van der Waals surface area contributed by atoms with E-state index >= 15 is 0 Å². The lowest BCUT2D eigenvalue weighted by atomic mass is 10.0. The highest BCUT2D eigenvalue weighted by Crippen LogP contribution is 2.37. The molecule has 130 valence electrons. The van der Waals surface area contributed by atoms with Gasteiger partial charge in [0.15, 0.2) is 0 Å². The standard InChI is InChI=1S/C20H15FN2O2S/c1-12-15(14-7-3-5-9-17(14)22-12)10-18-19(24)23(20(25)26-18)11-13-6-2-4-8-16(13)21/h2-10,24H,11H2,1H3/b15-10-. The lowest BCUT2D eigenvalue weighted by Gasteiger charge is -2.05. The van der Waals surface area contributed by atoms with Crippen LogP contribution in [0.25, 0.3) is 11.6 Å². The minimum Gasteiger partial charge on any atom is -0.493 e. The molecule has 6 heteroatoms. The highest BCUT2D eigenvalue weighted by Gasteiger charge is 2.20. The molecule has 4 nitrogen and oxygen atoms in total. The van der Waals surface area contributed by atoms with Crippen LogP contribution in [0.15, 0.2) is 58.3 Å². The van der Waals surface area contributed by atoms with E-state index in [4.69, 9.17) is 0 Å². The summed E-state index contributed by atoms with van der Waals surface area (Å²) in [4.78, 5) is 16.9. The van der Waals surface area contributed by atoms with Crippen molar-refractivity contribution in [3.8, 4) is 5.88 Å². The molecule has 1 aromatic heterocycles. The van der Waals surface area contributed by atoms with Crippen LogP contribution >= 0.6 is 11.3 Å². The summed E-state index contributed by atoms with van der Waals surface area (Å²) in [7, 11) is 0. The summed E-state index contributed by atoms with van der Waals surface area (Å²) in [5, 5.41) is 10.5. The number of aromatic hydroxyl groups is 1. The van der Waals surface area contributed by atoms with Gasteiger partial charge in [-0.15, -0.1) is 0 Å². The smallest absolute Gasteiger partial charge is 0.310 e. The molecule has 0 fully saturated rings. The molecule has 1 aliphatic heterocycles. The van der Waals surface area contributed by atoms with E-state index in [1.54, 1.807) is 24.3 Å². The number of aliphatic imine (C=N–C) groups is 1. The Balaban J connectivity index is 1.75. The van der Waals surface area contributed by atoms with Crippen LogP contribution in [0.2, 0.25) is 0 Å². The third kappa shape index (κ3) is 2.78. The number of para-hydroxylation sites is 1. The van der Waals surface area contributed by atoms with E-state index < -0.39 is 5.82 Å². The number of hydrogen-bond donors (Lipinski definition) is 1. The van der Waals surface area contributed by atoms with Crippen LogP contribution < -0.4 is 4.87 Å². The van der Waals surface area contributed by atoms with E-state index in [-0.39, 0.29) is 17.3 Å². The summed E-state index contributed by atoms with van der Waals surface area (Å²) >= 11 is 0.933. The van der Waals surface area contributed by atoms with Crippen LogP contribution in [0.3, 0.4) is 0 Å². The first kappa shape index (κ1) is 16.5. The Hall–Kier alpha value is -2.99. The van der Waals surface area contributed by atoms with Crippen molar-refractivity contribution >= 4 is 34.4 Å². The predicted octanol–water partition coefficient (Wildman–Crippen LogP) is 4.45. The first-order valence-electron chi connectivity index (χ1n) is 8.07. The summed E-state index contributed by atoms with van der Waals surface area (Å²) in [6, 6.07) is 13.9. The fourth-order valence-electron chi connectivity index (χ4n) is 2.99. The van der Waals surface area contributed by atoms with Crippen molar-refractivity contribution in [1.29, 1.82) is 0 Å². The van der Waals surface area contributed by atoms with Crippen LogP contribution in [-0.4, -0.2) is 15.4 Å². The van der Waals surface area contributed by atoms with E-state index in [9.17, 15) is 14.3 Å². The maximum absolute atomic E-state index is 13.9. The highest BCUT2D eigenvalue weighted by molar-refractivity contribution is 7.10. The van der Waals surface area contributed by atoms with Crippen LogP contribution in [0.1, 0.15) is 22.9 Å². The number of rotatable bonds is 3. The van der Waals surface area contributed by atoms with E-state index in [1.807, 2.05) is 31.2 Å². The molecular formula is C20H15FN2O2S. The molecule has 1 N–H and O–H groups in total. The fraction of sp³-hybridized carbons (Fsp3) is 0.100. The van der Waals surface area contributed by atoms with Gasteiger partial charge in [0.2, 0.25) is 5.88 Å². The Bertz CT molecular complexity index is 1120. The Kier molecular flexibility index (Phi) is 4.05. The Morgan fingerprint density at radius 2 is 1.92 bits per heavy atom. The van der Waals surface area contributed by atoms with Crippen molar-refractivity contribution < 1.29 is 9.50 Å². The number of hydrogen-bond acceptors (Lipinski definition) is 4. The number of aromatic nitrogens is 1. The predicted molar refractivity (Wildman–Crippen MR) is 103 cm³/mol. The second kappa shape index (κ2) is 6.38. The Labute approximate surface area is 153 Å². The van der Waals surface area contributed by atoms with Crippen LogP contribution in [0.5, 0.6) is 5.88 Å². The zero-order chi connectivity index (χ0) is 18.3. The minimum absolute atomic E-state index is 0.0132. The lowest BCUT2D eigenvalue weighted by Crippen LogP contribution is -2.14. The molecule has 0 unspecified atom stereocenters. The zero-order valence-corrected chi connectivity index (χ0v) is 14.8. The SMILES string of the molecule is CC1=Nc2ccccc2/C1=C\c1sc(=O)n(Cc2ccccc2F)c1O. The van der Waals surface area contributed by atoms with Gasteiger partial charge in [0.1, 0.15) is 5.82 Å². The fourth-order valence-corrected chi connectivity index (χ4v) is 3.82. The van der Waals surface area contributed by atoms with Gasteiger partial charge in [-0.3, -0.25) is 14.4 Å². The van der Waals surface area contributed by atoms with Crippen molar-refractivity contribution in [1.82, 2.24) is 4.57 Å². The molecule has 3 aromatic rings. The van der Waals surface area contributed by atoms with Crippen molar-refractivity contribution in [3.63, 3.8) is 0 Å². The molecule has 0 radical (unpaired) electrons. The van der Waals surface area contributed by atoms with Gasteiger partial charge in [0.25, 0.3) is 0 Å². The third-order valence-electron chi connectivity index (χ3n) is 4.33. The summed E-state index contributed by atoms with van der Waals surface area (Å²) in [5.74, 6) is -0.564. The quantitative estimate of drug-likeness (QED) is 0.745. The summed E-state index contributed by atoms with van der Waals surface area (Å²) in [6.45, 7) is 1.88. The maximum Gasteiger partial charge on any atom is 0.310 e. The molecule has 26 heavy (non-hydrogen) atoms. The number of benzene rings is 2. The number of allylic oxidation sites excluding steroid dienone is 1. The molecule has 0 spiro atoms. The second-order valence-electron chi connectivity index (χ2n) is 6.01. The largest absolute Gasteiger partial charge is 0.493 e. The first-order valence-corrected chi connectivity index (χ1v) is 8.89. The lowest BCUT2D eigenvalue weighted by molar-refractivity contribution is 0.418. The van der Waals surface area contributed by atoms with E-state index in [0.717, 1.165) is 33.9 Å². The van der Waals surface area contributed by atoms with Gasteiger partial charge in [-0.2, -0.15) is 0 Å². The highest BCUT2D eigenvalue weighted by atomic mass is 32.1. The normalized spacial score (nSPS) is 14.5. The van der Waals surface area contributed by atoms with Crippen molar-refractivity contribution in [2.75, 3.05) is 0 Å². The number of thiazole rings is 1. The van der Waals surface area contributed by atoms with Gasteiger partial charge in [-0.25, -0.2) is 4.39 Å². The molecule has 0 aliphatic carbocycles. The summed E-state index contributed by atoms with van der Waals surface area (Å²) in [5.41, 5.74) is 3.88. The van der Waals surface area contributed by atoms with Crippen LogP contribution in [0, 0.1) is 5.82 Å². The van der Waals surface area contributed by atoms with E-state index in [2.05, 4.69) is 4.99 Å². The zero-order valence-electron chi connectivity index (χ0n) is 13.9. The van der Waals surface area contributed by atoms with Gasteiger partial charge in [0, 0.05) is 22.4 Å². The van der Waals surface area contributed by atoms with Gasteiger partial charge in [-0.05, 0) is 25.1 Å². The summed E-state index contributed by atoms with van der Waals surface area (Å²) < 4.78 is 15.1. The molecule has 2 aromatic carbocycles. The molecule has 0 amide bonds. The maximum atomic E-state index is 13.9. The summed E-state index contributed by atoms with van der Waals surface area (Å²) in [6.07, 6.45) is 1.77. The molecule has 0 saturated carbocycles. The van der Waals surface area contributed by atoms with Crippen LogP contribution in [-0.2, 0) is 6.54 Å². The number of nitrogens with zero attached hydrogens (tertiary/aromatic N) is 2. The molecule has 4 rings (SSSR count). The number of fused-ring (bicyclic) bond motifs is 1. The second-order valence-corrected chi connectivity index (χ2v) is 7.00. The Morgan fingerprint density at radius 3 is 2.73 bits per heavy atom. The molecule has 0 atom stereocenters. The number of halogens is 1. The average Bonchev–Trinajstić information content (AvgIpc) is 3.08. The molecule has 0 saturated heterocycles. The van der Waals surface area contributed by atoms with Crippen LogP contribution in [0.4, 0.5) is 10.1 Å². The van der Waals surface area contributed by atoms with Crippen molar-refractivity contribution in [3.05, 3.63) is 80.0 Å². The van der Waals surface area contributed by atoms with Crippen molar-refractivity contribution in [2.45, 2.75) is 13.5 Å². The van der Waals surface area contributed by atoms with Gasteiger partial charge in [-0.1, -0.05) is 47.7 Å². The van der Waals surface area contributed by atoms with Gasteiger partial charge >= 0.3 is 4.87 Å². The van der Waals surface area contributed by atoms with E-state index in [1.165, 1.54) is 10.6 Å². The Morgan fingerprint density at radius 1 is 1.19 bits per heavy atom. The average molecular weight is 366 g/mol.